The van der Waals surface area contributed by atoms with Crippen LogP contribution in [0.5, 0.6) is 0 Å². The molecule has 58 valence electrons. The van der Waals surface area contributed by atoms with Gasteiger partial charge in [-0.25, -0.2) is 4.79 Å². The first-order valence-corrected chi connectivity index (χ1v) is 2.91. The van der Waals surface area contributed by atoms with Gasteiger partial charge in [0.15, 0.2) is 5.43 Å². The standard InChI is InChI=1S/C7H6O4/c1-10-7(9)6-4-5(8)2-3-11-6/h2-4H,1H3. The summed E-state index contributed by atoms with van der Waals surface area (Å²) < 4.78 is 9.01. The SMILES string of the molecule is COC(=O)c1cc(=O)cco1. The van der Waals surface area contributed by atoms with Crippen LogP contribution in [0.3, 0.4) is 0 Å². The fourth-order valence-corrected chi connectivity index (χ4v) is 0.593. The van der Waals surface area contributed by atoms with Gasteiger partial charge in [0.1, 0.15) is 0 Å². The van der Waals surface area contributed by atoms with Crippen molar-refractivity contribution in [1.29, 1.82) is 0 Å². The van der Waals surface area contributed by atoms with Crippen molar-refractivity contribution in [2.75, 3.05) is 7.11 Å². The van der Waals surface area contributed by atoms with Crippen LogP contribution in [0, 0.1) is 0 Å². The Kier molecular flexibility index (Phi) is 2.06. The molecule has 1 heterocycles. The molecule has 0 aliphatic rings. The van der Waals surface area contributed by atoms with Crippen molar-refractivity contribution in [2.24, 2.45) is 0 Å². The number of rotatable bonds is 1. The average molecular weight is 154 g/mol. The molecular weight excluding hydrogens is 148 g/mol. The molecule has 0 aliphatic heterocycles. The molecule has 0 N–H and O–H groups in total. The summed E-state index contributed by atoms with van der Waals surface area (Å²) >= 11 is 0. The molecule has 1 rings (SSSR count). The summed E-state index contributed by atoms with van der Waals surface area (Å²) in [6.45, 7) is 0. The van der Waals surface area contributed by atoms with Crippen molar-refractivity contribution >= 4 is 5.97 Å². The fourth-order valence-electron chi connectivity index (χ4n) is 0.593. The molecular formula is C7H6O4. The maximum Gasteiger partial charge on any atom is 0.374 e. The fraction of sp³-hybridized carbons (Fsp3) is 0.143. The number of hydrogen-bond donors (Lipinski definition) is 0. The van der Waals surface area contributed by atoms with Gasteiger partial charge < -0.3 is 9.15 Å². The molecule has 0 aromatic carbocycles. The molecule has 0 spiro atoms. The zero-order valence-electron chi connectivity index (χ0n) is 5.87. The van der Waals surface area contributed by atoms with E-state index in [0.29, 0.717) is 0 Å². The van der Waals surface area contributed by atoms with E-state index in [4.69, 9.17) is 0 Å². The second-order valence-corrected chi connectivity index (χ2v) is 1.82. The molecule has 0 atom stereocenters. The monoisotopic (exact) mass is 154 g/mol. The van der Waals surface area contributed by atoms with E-state index in [1.807, 2.05) is 0 Å². The van der Waals surface area contributed by atoms with Crippen LogP contribution in [0.2, 0.25) is 0 Å². The molecule has 0 unspecified atom stereocenters. The lowest BCUT2D eigenvalue weighted by Gasteiger charge is -1.94. The zero-order valence-corrected chi connectivity index (χ0v) is 5.87. The van der Waals surface area contributed by atoms with E-state index in [0.717, 1.165) is 12.3 Å². The minimum atomic E-state index is -0.650. The lowest BCUT2D eigenvalue weighted by Crippen LogP contribution is -2.05. The second-order valence-electron chi connectivity index (χ2n) is 1.82. The van der Waals surface area contributed by atoms with Gasteiger partial charge >= 0.3 is 5.97 Å². The summed E-state index contributed by atoms with van der Waals surface area (Å²) in [5.41, 5.74) is -0.281. The average Bonchev–Trinajstić information content (AvgIpc) is 2.03. The van der Waals surface area contributed by atoms with Crippen LogP contribution in [0.25, 0.3) is 0 Å². The predicted octanol–water partition coefficient (Wildman–Crippen LogP) is 0.426. The summed E-state index contributed by atoms with van der Waals surface area (Å²) in [5, 5.41) is 0. The van der Waals surface area contributed by atoms with Gasteiger partial charge in [0.2, 0.25) is 5.76 Å². The van der Waals surface area contributed by atoms with Crippen LogP contribution in [-0.4, -0.2) is 13.1 Å². The first-order chi connectivity index (χ1) is 5.24. The van der Waals surface area contributed by atoms with E-state index < -0.39 is 5.97 Å². The number of carbonyl (C=O) groups excluding carboxylic acids is 1. The van der Waals surface area contributed by atoms with E-state index in [-0.39, 0.29) is 11.2 Å². The summed E-state index contributed by atoms with van der Waals surface area (Å²) in [6, 6.07) is 2.29. The minimum Gasteiger partial charge on any atom is -0.463 e. The molecule has 1 aromatic heterocycles. The van der Waals surface area contributed by atoms with Gasteiger partial charge in [-0.3, -0.25) is 4.79 Å². The Morgan fingerprint density at radius 1 is 1.64 bits per heavy atom. The third-order valence-corrected chi connectivity index (χ3v) is 1.09. The third-order valence-electron chi connectivity index (χ3n) is 1.09. The summed E-state index contributed by atoms with van der Waals surface area (Å²) in [4.78, 5) is 21.4. The van der Waals surface area contributed by atoms with E-state index in [9.17, 15) is 9.59 Å². The number of carbonyl (C=O) groups is 1. The Balaban J connectivity index is 3.05. The molecule has 0 fully saturated rings. The van der Waals surface area contributed by atoms with Gasteiger partial charge in [-0.1, -0.05) is 0 Å². The summed E-state index contributed by atoms with van der Waals surface area (Å²) in [6.07, 6.45) is 1.15. The van der Waals surface area contributed by atoms with Crippen LogP contribution in [0.15, 0.2) is 27.6 Å². The molecule has 0 bridgehead atoms. The van der Waals surface area contributed by atoms with Crippen LogP contribution < -0.4 is 5.43 Å². The molecule has 0 saturated carbocycles. The van der Waals surface area contributed by atoms with E-state index in [2.05, 4.69) is 9.15 Å². The number of hydrogen-bond acceptors (Lipinski definition) is 4. The largest absolute Gasteiger partial charge is 0.463 e. The second kappa shape index (κ2) is 3.01. The molecule has 11 heavy (non-hydrogen) atoms. The normalized spacial score (nSPS) is 9.18. The van der Waals surface area contributed by atoms with Gasteiger partial charge in [-0.05, 0) is 0 Å². The molecule has 0 aliphatic carbocycles. The maximum absolute atomic E-state index is 10.7. The summed E-state index contributed by atoms with van der Waals surface area (Å²) in [7, 11) is 1.22. The van der Waals surface area contributed by atoms with Crippen LogP contribution in [-0.2, 0) is 4.74 Å². The van der Waals surface area contributed by atoms with Crippen molar-refractivity contribution in [3.8, 4) is 0 Å². The molecule has 4 nitrogen and oxygen atoms in total. The highest BCUT2D eigenvalue weighted by Crippen LogP contribution is 1.95. The number of ether oxygens (including phenoxy) is 1. The Hall–Kier alpha value is -1.58. The van der Waals surface area contributed by atoms with Gasteiger partial charge in [0.05, 0.1) is 13.4 Å². The lowest BCUT2D eigenvalue weighted by molar-refractivity contribution is 0.0562. The predicted molar refractivity (Wildman–Crippen MR) is 36.3 cm³/mol. The van der Waals surface area contributed by atoms with E-state index in [1.54, 1.807) is 0 Å². The third kappa shape index (κ3) is 1.67. The lowest BCUT2D eigenvalue weighted by atomic mass is 10.4. The Morgan fingerprint density at radius 3 is 2.91 bits per heavy atom. The first-order valence-electron chi connectivity index (χ1n) is 2.91. The van der Waals surface area contributed by atoms with Gasteiger partial charge in [-0.2, -0.15) is 0 Å². The summed E-state index contributed by atoms with van der Waals surface area (Å²) in [5.74, 6) is -0.734. The van der Waals surface area contributed by atoms with Gasteiger partial charge in [0, 0.05) is 12.1 Å². The quantitative estimate of drug-likeness (QED) is 0.550. The van der Waals surface area contributed by atoms with E-state index in [1.165, 1.54) is 13.2 Å². The van der Waals surface area contributed by atoms with E-state index >= 15 is 0 Å². The minimum absolute atomic E-state index is 0.0833. The van der Waals surface area contributed by atoms with Crippen molar-refractivity contribution in [2.45, 2.75) is 0 Å². The molecule has 0 saturated heterocycles. The molecule has 4 heteroatoms. The highest BCUT2D eigenvalue weighted by Gasteiger charge is 2.06. The Labute approximate surface area is 62.4 Å². The van der Waals surface area contributed by atoms with Crippen LogP contribution in [0.1, 0.15) is 10.6 Å². The number of esters is 1. The smallest absolute Gasteiger partial charge is 0.374 e. The topological polar surface area (TPSA) is 56.5 Å². The zero-order chi connectivity index (χ0) is 8.27. The highest BCUT2D eigenvalue weighted by molar-refractivity contribution is 5.85. The maximum atomic E-state index is 10.7. The number of methoxy groups -OCH3 is 1. The van der Waals surface area contributed by atoms with Gasteiger partial charge in [0.25, 0.3) is 0 Å². The van der Waals surface area contributed by atoms with Crippen molar-refractivity contribution in [1.82, 2.24) is 0 Å². The Morgan fingerprint density at radius 2 is 2.36 bits per heavy atom. The van der Waals surface area contributed by atoms with Crippen molar-refractivity contribution in [3.05, 3.63) is 34.4 Å². The first kappa shape index (κ1) is 7.53. The van der Waals surface area contributed by atoms with Crippen LogP contribution >= 0.6 is 0 Å². The highest BCUT2D eigenvalue weighted by atomic mass is 16.5. The molecule has 1 aromatic rings. The molecule has 0 amide bonds. The van der Waals surface area contributed by atoms with Crippen molar-refractivity contribution in [3.63, 3.8) is 0 Å². The Bertz CT molecular complexity index is 312. The van der Waals surface area contributed by atoms with Crippen LogP contribution in [0.4, 0.5) is 0 Å². The van der Waals surface area contributed by atoms with Gasteiger partial charge in [-0.15, -0.1) is 0 Å². The van der Waals surface area contributed by atoms with Crippen molar-refractivity contribution < 1.29 is 13.9 Å². The molecule has 0 radical (unpaired) electrons.